The zero-order chi connectivity index (χ0) is 8.43. The van der Waals surface area contributed by atoms with Crippen molar-refractivity contribution in [1.82, 2.24) is 0 Å². The van der Waals surface area contributed by atoms with Crippen LogP contribution in [0.2, 0.25) is 0 Å². The maximum Gasteiger partial charge on any atom is 0.319 e. The Morgan fingerprint density at radius 1 is 1.73 bits per heavy atom. The average molecular weight is 153 g/mol. The largest absolute Gasteiger partial charge is 0.480 e. The number of allylic oxidation sites excluding steroid dienone is 2. The van der Waals surface area contributed by atoms with Gasteiger partial charge in [0.1, 0.15) is 0 Å². The molecule has 1 rings (SSSR count). The van der Waals surface area contributed by atoms with Gasteiger partial charge < -0.3 is 5.11 Å². The number of carboxylic acid groups (broad SMARTS) is 1. The van der Waals surface area contributed by atoms with Crippen LogP contribution in [0, 0.1) is 5.92 Å². The number of carboxylic acids is 1. The number of hydrogen-bond donors (Lipinski definition) is 1. The summed E-state index contributed by atoms with van der Waals surface area (Å²) in [4.78, 5) is 24.9. The van der Waals surface area contributed by atoms with E-state index in [1.807, 2.05) is 0 Å². The Morgan fingerprint density at radius 3 is 2.82 bits per heavy atom. The smallest absolute Gasteiger partial charge is 0.319 e. The van der Waals surface area contributed by atoms with Crippen molar-refractivity contribution in [2.45, 2.75) is 6.92 Å². The summed E-state index contributed by atoms with van der Waals surface area (Å²) >= 11 is 0. The first-order chi connectivity index (χ1) is 5.11. The van der Waals surface area contributed by atoms with Crippen LogP contribution in [-0.4, -0.2) is 23.1 Å². The highest BCUT2D eigenvalue weighted by atomic mass is 16.4. The van der Waals surface area contributed by atoms with E-state index >= 15 is 0 Å². The zero-order valence-electron chi connectivity index (χ0n) is 5.94. The molecule has 0 aromatic rings. The van der Waals surface area contributed by atoms with E-state index in [0.29, 0.717) is 5.70 Å². The molecule has 1 aliphatic rings. The van der Waals surface area contributed by atoms with Gasteiger partial charge in [0.25, 0.3) is 0 Å². The first-order valence-electron chi connectivity index (χ1n) is 3.10. The van der Waals surface area contributed by atoms with Gasteiger partial charge >= 0.3 is 5.97 Å². The minimum Gasteiger partial charge on any atom is -0.480 e. The summed E-state index contributed by atoms with van der Waals surface area (Å²) in [5.74, 6) is -2.65. The summed E-state index contributed by atoms with van der Waals surface area (Å²) in [6.07, 6.45) is 2.39. The Kier molecular flexibility index (Phi) is 1.85. The average Bonchev–Trinajstić information content (AvgIpc) is 1.85. The van der Waals surface area contributed by atoms with Gasteiger partial charge in [-0.2, -0.15) is 0 Å². The fraction of sp³-hybridized carbons (Fsp3) is 0.286. The van der Waals surface area contributed by atoms with Crippen LogP contribution in [0.4, 0.5) is 0 Å². The van der Waals surface area contributed by atoms with Gasteiger partial charge in [0.05, 0.1) is 0 Å². The Hall–Kier alpha value is -1.45. The predicted octanol–water partition coefficient (Wildman–Crippen LogP) is 0.244. The second kappa shape index (κ2) is 2.65. The van der Waals surface area contributed by atoms with E-state index < -0.39 is 17.7 Å². The lowest BCUT2D eigenvalue weighted by Gasteiger charge is -2.06. The van der Waals surface area contributed by atoms with E-state index in [1.54, 1.807) is 6.92 Å². The molecule has 4 nitrogen and oxygen atoms in total. The fourth-order valence-corrected chi connectivity index (χ4v) is 0.784. The molecule has 0 aliphatic carbocycles. The number of hydrogen-bond acceptors (Lipinski definition) is 3. The third kappa shape index (κ3) is 1.52. The summed E-state index contributed by atoms with van der Waals surface area (Å²) in [5, 5.41) is 8.45. The lowest BCUT2D eigenvalue weighted by Crippen LogP contribution is -2.25. The molecule has 0 saturated carbocycles. The molecule has 1 N–H and O–H groups in total. The molecule has 0 aromatic carbocycles. The number of rotatable bonds is 1. The van der Waals surface area contributed by atoms with Crippen LogP contribution in [0.15, 0.2) is 16.8 Å². The summed E-state index contributed by atoms with van der Waals surface area (Å²) < 4.78 is 0. The highest BCUT2D eigenvalue weighted by molar-refractivity contribution is 6.17. The molecule has 0 fully saturated rings. The van der Waals surface area contributed by atoms with Gasteiger partial charge in [-0.25, -0.2) is 0 Å². The van der Waals surface area contributed by atoms with Gasteiger partial charge in [0.15, 0.2) is 11.7 Å². The van der Waals surface area contributed by atoms with E-state index in [-0.39, 0.29) is 0 Å². The van der Waals surface area contributed by atoms with Gasteiger partial charge in [0.2, 0.25) is 0 Å². The number of aliphatic carboxylic acids is 1. The predicted molar refractivity (Wildman–Crippen MR) is 38.4 cm³/mol. The number of carbonyl (C=O) groups is 2. The van der Waals surface area contributed by atoms with E-state index in [1.165, 1.54) is 6.08 Å². The molecular weight excluding hydrogens is 146 g/mol. The number of carbonyl (C=O) groups excluding carboxylic acids is 1. The highest BCUT2D eigenvalue weighted by Gasteiger charge is 2.24. The van der Waals surface area contributed by atoms with Crippen LogP contribution in [-0.2, 0) is 9.59 Å². The Balaban J connectivity index is 2.86. The molecule has 0 bridgehead atoms. The SMILES string of the molecule is CC1=CC(=O)C(C(=O)O)C=N1. The van der Waals surface area contributed by atoms with E-state index in [0.717, 1.165) is 6.21 Å². The maximum absolute atomic E-state index is 10.9. The van der Waals surface area contributed by atoms with Crippen LogP contribution in [0.25, 0.3) is 0 Å². The van der Waals surface area contributed by atoms with Crippen molar-refractivity contribution >= 4 is 18.0 Å². The summed E-state index contributed by atoms with van der Waals surface area (Å²) in [6.45, 7) is 1.65. The topological polar surface area (TPSA) is 66.7 Å². The van der Waals surface area contributed by atoms with Crippen LogP contribution in [0.5, 0.6) is 0 Å². The Bertz CT molecular complexity index is 265. The quantitative estimate of drug-likeness (QED) is 0.549. The van der Waals surface area contributed by atoms with Crippen molar-refractivity contribution in [2.24, 2.45) is 10.9 Å². The lowest BCUT2D eigenvalue weighted by atomic mass is 10.0. The highest BCUT2D eigenvalue weighted by Crippen LogP contribution is 2.08. The monoisotopic (exact) mass is 153 g/mol. The first-order valence-corrected chi connectivity index (χ1v) is 3.10. The molecular formula is C7H7NO3. The molecule has 58 valence electrons. The molecule has 11 heavy (non-hydrogen) atoms. The molecule has 1 heterocycles. The van der Waals surface area contributed by atoms with Crippen LogP contribution in [0.1, 0.15) is 6.92 Å². The number of aliphatic imine (C=N–C) groups is 1. The van der Waals surface area contributed by atoms with E-state index in [9.17, 15) is 9.59 Å². The van der Waals surface area contributed by atoms with Crippen molar-refractivity contribution in [3.63, 3.8) is 0 Å². The molecule has 1 atom stereocenters. The van der Waals surface area contributed by atoms with Gasteiger partial charge in [-0.05, 0) is 6.92 Å². The van der Waals surface area contributed by atoms with Gasteiger partial charge in [-0.15, -0.1) is 0 Å². The summed E-state index contributed by atoms with van der Waals surface area (Å²) in [6, 6.07) is 0. The number of nitrogens with zero attached hydrogens (tertiary/aromatic N) is 1. The normalized spacial score (nSPS) is 23.2. The Morgan fingerprint density at radius 2 is 2.36 bits per heavy atom. The number of ketones is 1. The second-order valence-electron chi connectivity index (χ2n) is 2.28. The first kappa shape index (κ1) is 7.65. The molecule has 0 radical (unpaired) electrons. The zero-order valence-corrected chi connectivity index (χ0v) is 5.94. The lowest BCUT2D eigenvalue weighted by molar-refractivity contribution is -0.142. The molecule has 1 aliphatic heterocycles. The van der Waals surface area contributed by atoms with Crippen LogP contribution in [0.3, 0.4) is 0 Å². The fourth-order valence-electron chi connectivity index (χ4n) is 0.784. The Labute approximate surface area is 63.2 Å². The van der Waals surface area contributed by atoms with Crippen molar-refractivity contribution < 1.29 is 14.7 Å². The standard InChI is InChI=1S/C7H7NO3/c1-4-2-6(9)5(3-8-4)7(10)11/h2-3,5H,1H3,(H,10,11). The van der Waals surface area contributed by atoms with Gasteiger partial charge in [-0.1, -0.05) is 0 Å². The van der Waals surface area contributed by atoms with Crippen molar-refractivity contribution in [3.8, 4) is 0 Å². The van der Waals surface area contributed by atoms with E-state index in [4.69, 9.17) is 5.11 Å². The van der Waals surface area contributed by atoms with Gasteiger partial charge in [-0.3, -0.25) is 14.6 Å². The summed E-state index contributed by atoms with van der Waals surface area (Å²) in [7, 11) is 0. The van der Waals surface area contributed by atoms with Gasteiger partial charge in [0, 0.05) is 18.0 Å². The van der Waals surface area contributed by atoms with Crippen molar-refractivity contribution in [3.05, 3.63) is 11.8 Å². The minimum atomic E-state index is -1.15. The van der Waals surface area contributed by atoms with Crippen molar-refractivity contribution in [2.75, 3.05) is 0 Å². The molecule has 1 unspecified atom stereocenters. The second-order valence-corrected chi connectivity index (χ2v) is 2.28. The molecule has 0 amide bonds. The third-order valence-electron chi connectivity index (χ3n) is 1.35. The summed E-state index contributed by atoms with van der Waals surface area (Å²) in [5.41, 5.74) is 0.549. The molecule has 0 saturated heterocycles. The van der Waals surface area contributed by atoms with Crippen LogP contribution >= 0.6 is 0 Å². The maximum atomic E-state index is 10.9. The van der Waals surface area contributed by atoms with Crippen LogP contribution < -0.4 is 0 Å². The third-order valence-corrected chi connectivity index (χ3v) is 1.35. The van der Waals surface area contributed by atoms with E-state index in [2.05, 4.69) is 4.99 Å². The van der Waals surface area contributed by atoms with Crippen molar-refractivity contribution in [1.29, 1.82) is 0 Å². The molecule has 4 heteroatoms. The molecule has 0 spiro atoms. The minimum absolute atomic E-state index is 0.412. The molecule has 0 aromatic heterocycles.